The zero-order chi connectivity index (χ0) is 14.5. The van der Waals surface area contributed by atoms with E-state index in [4.69, 9.17) is 5.73 Å². The lowest BCUT2D eigenvalue weighted by Crippen LogP contribution is -2.12. The molecule has 104 valence electrons. The number of aromatic nitrogens is 1. The molecule has 0 radical (unpaired) electrons. The lowest BCUT2D eigenvalue weighted by Gasteiger charge is -2.09. The van der Waals surface area contributed by atoms with Crippen molar-refractivity contribution in [3.05, 3.63) is 47.5 Å². The Morgan fingerprint density at radius 1 is 1.55 bits per heavy atom. The maximum atomic E-state index is 12.2. The van der Waals surface area contributed by atoms with E-state index in [0.29, 0.717) is 15.7 Å². The highest BCUT2D eigenvalue weighted by molar-refractivity contribution is 7.99. The van der Waals surface area contributed by atoms with Gasteiger partial charge >= 0.3 is 0 Å². The van der Waals surface area contributed by atoms with Gasteiger partial charge in [0, 0.05) is 10.6 Å². The molecule has 2 aromatic rings. The molecule has 0 unspecified atom stereocenters. The zero-order valence-corrected chi connectivity index (χ0v) is 12.7. The second-order valence-corrected chi connectivity index (χ2v) is 6.11. The van der Waals surface area contributed by atoms with Crippen LogP contribution in [0.15, 0.2) is 41.8 Å². The van der Waals surface area contributed by atoms with Crippen LogP contribution in [0.1, 0.15) is 15.4 Å². The fourth-order valence-electron chi connectivity index (χ4n) is 1.65. The molecule has 0 bridgehead atoms. The highest BCUT2D eigenvalue weighted by Crippen LogP contribution is 2.28. The van der Waals surface area contributed by atoms with Crippen LogP contribution in [0.3, 0.4) is 0 Å². The number of nitrogens with two attached hydrogens (primary N) is 1. The van der Waals surface area contributed by atoms with Gasteiger partial charge in [-0.1, -0.05) is 29.5 Å². The number of nitrogens with zero attached hydrogens (tertiary/aromatic N) is 1. The standard InChI is InChI=1S/C14H15N3OS2/c1-3-8-19-11-7-5-4-6-10(11)17-13(18)12-9(2)16-14(15)20-12/h3-7H,1,8H2,2H3,(H2,15,16)(H,17,18). The van der Waals surface area contributed by atoms with Gasteiger partial charge in [-0.2, -0.15) is 0 Å². The number of aryl methyl sites for hydroxylation is 1. The number of hydrogen-bond donors (Lipinski definition) is 2. The van der Waals surface area contributed by atoms with Crippen LogP contribution >= 0.6 is 23.1 Å². The van der Waals surface area contributed by atoms with Crippen LogP contribution in [-0.4, -0.2) is 16.6 Å². The number of hydrogen-bond acceptors (Lipinski definition) is 5. The molecule has 6 heteroatoms. The van der Waals surface area contributed by atoms with Crippen molar-refractivity contribution in [1.82, 2.24) is 4.98 Å². The molecule has 0 saturated heterocycles. The molecule has 4 nitrogen and oxygen atoms in total. The third-order valence-corrected chi connectivity index (χ3v) is 4.57. The topological polar surface area (TPSA) is 68.0 Å². The average Bonchev–Trinajstić information content (AvgIpc) is 2.77. The van der Waals surface area contributed by atoms with Crippen molar-refractivity contribution in [3.8, 4) is 0 Å². The predicted molar refractivity (Wildman–Crippen MR) is 86.6 cm³/mol. The molecule has 1 amide bonds. The number of thiazole rings is 1. The van der Waals surface area contributed by atoms with Crippen LogP contribution in [0.2, 0.25) is 0 Å². The monoisotopic (exact) mass is 305 g/mol. The Kier molecular flexibility index (Phi) is 4.81. The summed E-state index contributed by atoms with van der Waals surface area (Å²) in [6.07, 6.45) is 1.83. The van der Waals surface area contributed by atoms with Crippen LogP contribution < -0.4 is 11.1 Å². The number of carbonyl (C=O) groups excluding carboxylic acids is 1. The van der Waals surface area contributed by atoms with Crippen LogP contribution in [0.4, 0.5) is 10.8 Å². The van der Waals surface area contributed by atoms with E-state index >= 15 is 0 Å². The maximum absolute atomic E-state index is 12.2. The first kappa shape index (κ1) is 14.6. The molecule has 2 rings (SSSR count). The quantitative estimate of drug-likeness (QED) is 0.654. The molecule has 3 N–H and O–H groups in total. The van der Waals surface area contributed by atoms with E-state index in [1.54, 1.807) is 18.7 Å². The summed E-state index contributed by atoms with van der Waals surface area (Å²) in [5.41, 5.74) is 7.06. The lowest BCUT2D eigenvalue weighted by molar-refractivity contribution is 0.102. The van der Waals surface area contributed by atoms with Gasteiger partial charge in [-0.3, -0.25) is 4.79 Å². The molecule has 1 heterocycles. The molecule has 0 fully saturated rings. The normalized spacial score (nSPS) is 10.2. The highest BCUT2D eigenvalue weighted by atomic mass is 32.2. The van der Waals surface area contributed by atoms with Crippen molar-refractivity contribution in [1.29, 1.82) is 0 Å². The van der Waals surface area contributed by atoms with E-state index in [-0.39, 0.29) is 5.91 Å². The summed E-state index contributed by atoms with van der Waals surface area (Å²) in [4.78, 5) is 17.9. The zero-order valence-electron chi connectivity index (χ0n) is 11.1. The van der Waals surface area contributed by atoms with Gasteiger partial charge in [0.25, 0.3) is 5.91 Å². The van der Waals surface area contributed by atoms with E-state index in [1.807, 2.05) is 30.3 Å². The second kappa shape index (κ2) is 6.58. The minimum Gasteiger partial charge on any atom is -0.375 e. The van der Waals surface area contributed by atoms with E-state index < -0.39 is 0 Å². The number of benzene rings is 1. The van der Waals surface area contributed by atoms with Crippen LogP contribution in [0.25, 0.3) is 0 Å². The molecule has 1 aromatic carbocycles. The van der Waals surface area contributed by atoms with Crippen molar-refractivity contribution in [2.45, 2.75) is 11.8 Å². The summed E-state index contributed by atoms with van der Waals surface area (Å²) >= 11 is 2.82. The van der Waals surface area contributed by atoms with E-state index in [1.165, 1.54) is 11.3 Å². The Hall–Kier alpha value is -1.79. The molecule has 0 aliphatic heterocycles. The minimum atomic E-state index is -0.177. The van der Waals surface area contributed by atoms with Gasteiger partial charge in [0.1, 0.15) is 4.88 Å². The Labute approximate surface area is 126 Å². The van der Waals surface area contributed by atoms with Crippen molar-refractivity contribution in [2.75, 3.05) is 16.8 Å². The smallest absolute Gasteiger partial charge is 0.267 e. The Morgan fingerprint density at radius 2 is 2.30 bits per heavy atom. The average molecular weight is 305 g/mol. The van der Waals surface area contributed by atoms with Gasteiger partial charge in [0.15, 0.2) is 5.13 Å². The fraction of sp³-hybridized carbons (Fsp3) is 0.143. The summed E-state index contributed by atoms with van der Waals surface area (Å²) in [5.74, 6) is 0.614. The van der Waals surface area contributed by atoms with Gasteiger partial charge in [0.05, 0.1) is 11.4 Å². The van der Waals surface area contributed by atoms with Crippen molar-refractivity contribution in [2.24, 2.45) is 0 Å². The summed E-state index contributed by atoms with van der Waals surface area (Å²) in [6, 6.07) is 7.68. The maximum Gasteiger partial charge on any atom is 0.267 e. The Morgan fingerprint density at radius 3 is 2.95 bits per heavy atom. The first-order chi connectivity index (χ1) is 9.61. The highest BCUT2D eigenvalue weighted by Gasteiger charge is 2.15. The fourth-order valence-corrected chi connectivity index (χ4v) is 3.13. The number of nitrogen functional groups attached to an aromatic ring is 1. The van der Waals surface area contributed by atoms with Gasteiger partial charge in [-0.15, -0.1) is 18.3 Å². The van der Waals surface area contributed by atoms with Gasteiger partial charge in [0.2, 0.25) is 0 Å². The lowest BCUT2D eigenvalue weighted by atomic mass is 10.3. The molecule has 0 spiro atoms. The first-order valence-electron chi connectivity index (χ1n) is 5.98. The number of thioether (sulfide) groups is 1. The summed E-state index contributed by atoms with van der Waals surface area (Å²) in [7, 11) is 0. The third kappa shape index (κ3) is 3.40. The van der Waals surface area contributed by atoms with E-state index in [0.717, 1.165) is 16.3 Å². The summed E-state index contributed by atoms with van der Waals surface area (Å²) < 4.78 is 0. The first-order valence-corrected chi connectivity index (χ1v) is 7.79. The number of carbonyl (C=O) groups is 1. The molecule has 1 aromatic heterocycles. The largest absolute Gasteiger partial charge is 0.375 e. The number of anilines is 2. The van der Waals surface area contributed by atoms with Crippen molar-refractivity contribution >= 4 is 39.8 Å². The van der Waals surface area contributed by atoms with E-state index in [9.17, 15) is 4.79 Å². The number of rotatable bonds is 5. The van der Waals surface area contributed by atoms with Crippen LogP contribution in [0, 0.1) is 6.92 Å². The molecular weight excluding hydrogens is 290 g/mol. The molecule has 0 aliphatic carbocycles. The number of para-hydroxylation sites is 1. The van der Waals surface area contributed by atoms with Crippen molar-refractivity contribution in [3.63, 3.8) is 0 Å². The van der Waals surface area contributed by atoms with Crippen molar-refractivity contribution < 1.29 is 4.79 Å². The second-order valence-electron chi connectivity index (χ2n) is 4.02. The Balaban J connectivity index is 2.19. The predicted octanol–water partition coefficient (Wildman–Crippen LogP) is 3.56. The molecule has 0 atom stereocenters. The number of amides is 1. The molecular formula is C14H15N3OS2. The van der Waals surface area contributed by atoms with E-state index in [2.05, 4.69) is 16.9 Å². The van der Waals surface area contributed by atoms with Gasteiger partial charge < -0.3 is 11.1 Å². The minimum absolute atomic E-state index is 0.177. The van der Waals surface area contributed by atoms with Crippen LogP contribution in [-0.2, 0) is 0 Å². The molecule has 0 aliphatic rings. The SMILES string of the molecule is C=CCSc1ccccc1NC(=O)c1sc(N)nc1C. The molecule has 20 heavy (non-hydrogen) atoms. The van der Waals surface area contributed by atoms with Gasteiger partial charge in [-0.25, -0.2) is 4.98 Å². The Bertz CT molecular complexity index is 637. The third-order valence-electron chi connectivity index (χ3n) is 2.51. The van der Waals surface area contributed by atoms with Gasteiger partial charge in [-0.05, 0) is 19.1 Å². The number of nitrogens with one attached hydrogen (secondary N) is 1. The molecule has 0 saturated carbocycles. The summed E-state index contributed by atoms with van der Waals surface area (Å²) in [5, 5.41) is 3.32. The summed E-state index contributed by atoms with van der Waals surface area (Å²) in [6.45, 7) is 5.48. The van der Waals surface area contributed by atoms with Crippen LogP contribution in [0.5, 0.6) is 0 Å².